The van der Waals surface area contributed by atoms with E-state index in [9.17, 15) is 0 Å². The minimum Gasteiger partial charge on any atom is -0.408 e. The Bertz CT molecular complexity index is 247. The first-order valence-electron chi connectivity index (χ1n) is 3.39. The van der Waals surface area contributed by atoms with Crippen LogP contribution in [0.25, 0.3) is 0 Å². The van der Waals surface area contributed by atoms with Crippen molar-refractivity contribution in [2.24, 2.45) is 0 Å². The van der Waals surface area contributed by atoms with E-state index < -0.39 is 0 Å². The summed E-state index contributed by atoms with van der Waals surface area (Å²) in [6.07, 6.45) is 0. The van der Waals surface area contributed by atoms with Crippen LogP contribution in [0.4, 0.5) is 0 Å². The molecule has 0 fully saturated rings. The normalized spacial score (nSPS) is 21.9. The van der Waals surface area contributed by atoms with Gasteiger partial charge >= 0.3 is 0 Å². The van der Waals surface area contributed by atoms with E-state index in [0.717, 1.165) is 5.75 Å². The Morgan fingerprint density at radius 3 is 3.00 bits per heavy atom. The summed E-state index contributed by atoms with van der Waals surface area (Å²) in [6, 6.07) is 8.35. The third kappa shape index (κ3) is 0.693. The van der Waals surface area contributed by atoms with Gasteiger partial charge in [0.05, 0.1) is 6.04 Å². The molecule has 1 aromatic rings. The van der Waals surface area contributed by atoms with E-state index in [1.807, 2.05) is 18.2 Å². The molecule has 0 spiro atoms. The Morgan fingerprint density at radius 2 is 2.20 bits per heavy atom. The van der Waals surface area contributed by atoms with Gasteiger partial charge in [0.15, 0.2) is 5.75 Å². The van der Waals surface area contributed by atoms with Gasteiger partial charge in [-0.05, 0) is 13.0 Å². The zero-order valence-electron chi connectivity index (χ0n) is 5.79. The van der Waals surface area contributed by atoms with Crippen LogP contribution in [0.15, 0.2) is 24.3 Å². The van der Waals surface area contributed by atoms with Gasteiger partial charge in [-0.25, -0.2) is 0 Å². The van der Waals surface area contributed by atoms with Crippen molar-refractivity contribution in [3.63, 3.8) is 0 Å². The summed E-state index contributed by atoms with van der Waals surface area (Å²) in [4.78, 5) is 5.16. The van der Waals surface area contributed by atoms with Crippen molar-refractivity contribution in [3.05, 3.63) is 29.8 Å². The molecule has 2 rings (SSSR count). The number of fused-ring (bicyclic) bond motifs is 1. The molecule has 0 bridgehead atoms. The number of hydrogen-bond donors (Lipinski definition) is 1. The van der Waals surface area contributed by atoms with Crippen molar-refractivity contribution in [2.75, 3.05) is 0 Å². The molecule has 52 valence electrons. The average molecular weight is 135 g/mol. The molecule has 1 unspecified atom stereocenters. The maximum absolute atomic E-state index is 5.16. The molecule has 1 aromatic carbocycles. The number of para-hydroxylation sites is 1. The predicted molar refractivity (Wildman–Crippen MR) is 38.6 cm³/mol. The van der Waals surface area contributed by atoms with E-state index >= 15 is 0 Å². The molecule has 1 aliphatic heterocycles. The molecule has 1 aliphatic rings. The van der Waals surface area contributed by atoms with E-state index in [0.29, 0.717) is 6.04 Å². The number of nitrogens with one attached hydrogen (secondary N) is 1. The van der Waals surface area contributed by atoms with Gasteiger partial charge < -0.3 is 4.84 Å². The zero-order valence-corrected chi connectivity index (χ0v) is 5.79. The van der Waals surface area contributed by atoms with Gasteiger partial charge in [-0.2, -0.15) is 0 Å². The largest absolute Gasteiger partial charge is 0.408 e. The Morgan fingerprint density at radius 1 is 1.40 bits per heavy atom. The third-order valence-corrected chi connectivity index (χ3v) is 1.73. The second kappa shape index (κ2) is 1.99. The summed E-state index contributed by atoms with van der Waals surface area (Å²) in [5.74, 6) is 0.954. The highest BCUT2D eigenvalue weighted by Gasteiger charge is 2.17. The second-order valence-corrected chi connectivity index (χ2v) is 2.48. The van der Waals surface area contributed by atoms with E-state index in [4.69, 9.17) is 4.84 Å². The topological polar surface area (TPSA) is 21.3 Å². The Hall–Kier alpha value is -1.02. The molecule has 0 aromatic heterocycles. The lowest BCUT2D eigenvalue weighted by Gasteiger charge is -1.96. The Kier molecular flexibility index (Phi) is 1.14. The van der Waals surface area contributed by atoms with Crippen molar-refractivity contribution in [2.45, 2.75) is 13.0 Å². The van der Waals surface area contributed by atoms with Crippen molar-refractivity contribution >= 4 is 0 Å². The first-order chi connectivity index (χ1) is 4.88. The van der Waals surface area contributed by atoms with Gasteiger partial charge in [0.1, 0.15) is 0 Å². The maximum Gasteiger partial charge on any atom is 0.152 e. The fourth-order valence-corrected chi connectivity index (χ4v) is 1.15. The van der Waals surface area contributed by atoms with Gasteiger partial charge in [0, 0.05) is 5.56 Å². The van der Waals surface area contributed by atoms with Gasteiger partial charge in [0.25, 0.3) is 0 Å². The molecule has 10 heavy (non-hydrogen) atoms. The van der Waals surface area contributed by atoms with Crippen molar-refractivity contribution in [1.29, 1.82) is 0 Å². The van der Waals surface area contributed by atoms with E-state index in [1.165, 1.54) is 5.56 Å². The van der Waals surface area contributed by atoms with Crippen LogP contribution >= 0.6 is 0 Å². The molecule has 0 saturated carbocycles. The molecular formula is C8H9NO. The lowest BCUT2D eigenvalue weighted by molar-refractivity contribution is 0.200. The molecule has 0 amide bonds. The highest BCUT2D eigenvalue weighted by molar-refractivity contribution is 5.37. The summed E-state index contributed by atoms with van der Waals surface area (Å²) in [5.41, 5.74) is 4.12. The standard InChI is InChI=1S/C8H9NO/c1-6-7-4-2-3-5-8(7)10-9-6/h2-6,9H,1H3. The number of hydrogen-bond acceptors (Lipinski definition) is 2. The predicted octanol–water partition coefficient (Wildman–Crippen LogP) is 1.64. The first kappa shape index (κ1) is 5.74. The van der Waals surface area contributed by atoms with Crippen LogP contribution in [0, 0.1) is 0 Å². The van der Waals surface area contributed by atoms with Crippen LogP contribution in [0.2, 0.25) is 0 Å². The maximum atomic E-state index is 5.16. The molecular weight excluding hydrogens is 126 g/mol. The third-order valence-electron chi connectivity index (χ3n) is 1.73. The van der Waals surface area contributed by atoms with Crippen LogP contribution in [-0.4, -0.2) is 0 Å². The summed E-state index contributed by atoms with van der Waals surface area (Å²) >= 11 is 0. The summed E-state index contributed by atoms with van der Waals surface area (Å²) in [7, 11) is 0. The molecule has 2 heteroatoms. The Balaban J connectivity index is 2.51. The molecule has 1 atom stereocenters. The van der Waals surface area contributed by atoms with Crippen molar-refractivity contribution in [1.82, 2.24) is 5.48 Å². The lowest BCUT2D eigenvalue weighted by Crippen LogP contribution is -2.12. The van der Waals surface area contributed by atoms with Gasteiger partial charge in [-0.15, -0.1) is 5.48 Å². The summed E-state index contributed by atoms with van der Waals surface area (Å²) in [6.45, 7) is 2.08. The van der Waals surface area contributed by atoms with E-state index in [-0.39, 0.29) is 0 Å². The highest BCUT2D eigenvalue weighted by Crippen LogP contribution is 2.28. The molecule has 0 radical (unpaired) electrons. The lowest BCUT2D eigenvalue weighted by atomic mass is 10.1. The fraction of sp³-hybridized carbons (Fsp3) is 0.250. The van der Waals surface area contributed by atoms with Gasteiger partial charge in [-0.1, -0.05) is 18.2 Å². The quantitative estimate of drug-likeness (QED) is 0.584. The van der Waals surface area contributed by atoms with E-state index in [1.54, 1.807) is 0 Å². The zero-order chi connectivity index (χ0) is 6.97. The minimum atomic E-state index is 0.330. The fourth-order valence-electron chi connectivity index (χ4n) is 1.15. The molecule has 1 heterocycles. The highest BCUT2D eigenvalue weighted by atomic mass is 16.7. The summed E-state index contributed by atoms with van der Waals surface area (Å²) in [5, 5.41) is 0. The minimum absolute atomic E-state index is 0.330. The molecule has 2 nitrogen and oxygen atoms in total. The van der Waals surface area contributed by atoms with Crippen molar-refractivity contribution in [3.8, 4) is 5.75 Å². The van der Waals surface area contributed by atoms with E-state index in [2.05, 4.69) is 18.5 Å². The molecule has 0 saturated heterocycles. The molecule has 0 aliphatic carbocycles. The first-order valence-corrected chi connectivity index (χ1v) is 3.39. The summed E-state index contributed by atoms with van der Waals surface area (Å²) < 4.78 is 0. The van der Waals surface area contributed by atoms with Crippen LogP contribution in [-0.2, 0) is 0 Å². The van der Waals surface area contributed by atoms with Crippen molar-refractivity contribution < 1.29 is 4.84 Å². The molecule has 1 N–H and O–H groups in total. The van der Waals surface area contributed by atoms with Gasteiger partial charge in [0.2, 0.25) is 0 Å². The van der Waals surface area contributed by atoms with Crippen LogP contribution in [0.1, 0.15) is 18.5 Å². The van der Waals surface area contributed by atoms with Crippen LogP contribution in [0.3, 0.4) is 0 Å². The Labute approximate surface area is 59.8 Å². The number of rotatable bonds is 0. The number of benzene rings is 1. The second-order valence-electron chi connectivity index (χ2n) is 2.48. The number of hydroxylamine groups is 1. The SMILES string of the molecule is CC1NOc2ccccc21. The van der Waals surface area contributed by atoms with Crippen LogP contribution in [0.5, 0.6) is 5.75 Å². The van der Waals surface area contributed by atoms with Crippen LogP contribution < -0.4 is 10.3 Å². The monoisotopic (exact) mass is 135 g/mol. The van der Waals surface area contributed by atoms with Gasteiger partial charge in [-0.3, -0.25) is 0 Å². The average Bonchev–Trinajstić information content (AvgIpc) is 2.34. The smallest absolute Gasteiger partial charge is 0.152 e.